The van der Waals surface area contributed by atoms with Gasteiger partial charge in [-0.05, 0) is 133 Å². The number of para-hydroxylation sites is 4. The molecule has 0 saturated heterocycles. The molecule has 9 aromatic carbocycles. The molecule has 4 aliphatic heterocycles. The fraction of sp³-hybridized carbons (Fsp3) is 0.156. The molecule has 0 fully saturated rings. The van der Waals surface area contributed by atoms with E-state index in [0.717, 1.165) is 86.4 Å². The molecule has 13 rings (SSSR count). The Bertz CT molecular complexity index is 3760. The van der Waals surface area contributed by atoms with Crippen LogP contribution in [0.2, 0.25) is 0 Å². The Balaban J connectivity index is 0.706. The van der Waals surface area contributed by atoms with Crippen LogP contribution in [-0.2, 0) is 0 Å². The molecule has 0 radical (unpaired) electrons. The van der Waals surface area contributed by atoms with Crippen molar-refractivity contribution in [1.29, 1.82) is 0 Å². The van der Waals surface area contributed by atoms with Crippen molar-refractivity contribution in [3.63, 3.8) is 0 Å². The number of hydrogen-bond acceptors (Lipinski definition) is 12. The molecule has 0 N–H and O–H groups in total. The van der Waals surface area contributed by atoms with E-state index in [1.54, 1.807) is 0 Å². The number of anilines is 16. The highest BCUT2D eigenvalue weighted by Gasteiger charge is 2.32. The van der Waals surface area contributed by atoms with E-state index in [-0.39, 0.29) is 6.67 Å². The van der Waals surface area contributed by atoms with Crippen LogP contribution < -0.4 is 58.5 Å². The Hall–Kier alpha value is -9.42. The van der Waals surface area contributed by atoms with Crippen LogP contribution >= 0.6 is 0 Å². The minimum absolute atomic E-state index is 0.191. The normalized spacial score (nSPS) is 15.0. The lowest BCUT2D eigenvalue weighted by molar-refractivity contribution is 0.482. The summed E-state index contributed by atoms with van der Waals surface area (Å²) < 4.78 is 38.1. The number of fused-ring (bicyclic) bond motifs is 4. The molecule has 378 valence electrons. The van der Waals surface area contributed by atoms with Crippen molar-refractivity contribution in [1.82, 2.24) is 0 Å². The summed E-state index contributed by atoms with van der Waals surface area (Å²) in [7, 11) is 10.2. The van der Waals surface area contributed by atoms with Crippen LogP contribution in [0.1, 0.15) is 4.11 Å². The van der Waals surface area contributed by atoms with Crippen molar-refractivity contribution in [3.05, 3.63) is 206 Å². The second-order valence-corrected chi connectivity index (χ2v) is 20.1. The summed E-state index contributed by atoms with van der Waals surface area (Å²) in [6, 6.07) is 71.2. The lowest BCUT2D eigenvalue weighted by Gasteiger charge is -2.25. The topological polar surface area (TPSA) is 50.9 Å². The summed E-state index contributed by atoms with van der Waals surface area (Å²) >= 11 is 0. The van der Waals surface area contributed by atoms with E-state index in [4.69, 9.17) is 13.6 Å². The van der Waals surface area contributed by atoms with Crippen LogP contribution in [0.15, 0.2) is 206 Å². The van der Waals surface area contributed by atoms with E-state index < -0.39 is 6.98 Å². The van der Waals surface area contributed by atoms with Crippen LogP contribution in [-0.4, -0.2) is 68.9 Å². The molecule has 0 saturated carbocycles. The van der Waals surface area contributed by atoms with Gasteiger partial charge in [-0.3, -0.25) is 0 Å². The SMILES string of the molecule is [2H]C([2H])([2H])N1CN(c2cccc(Oc3cccc(N4CN(c5ccc(N6CN(c7cccc(Oc8cccc(N9CN(C)c%10cc(N(C)C)ccc%109)c8)c7)c7ccccc76)cc5)c5ccccc54)c3)c2)c2cc(N(C)C)ccc21. The van der Waals surface area contributed by atoms with Gasteiger partial charge in [-0.15, -0.1) is 0 Å². The molecule has 9 aromatic rings. The number of ether oxygens (including phenoxy) is 2. The predicted molar refractivity (Wildman–Crippen MR) is 316 cm³/mol. The first-order valence-corrected chi connectivity index (χ1v) is 25.6. The van der Waals surface area contributed by atoms with E-state index in [9.17, 15) is 0 Å². The summed E-state index contributed by atoms with van der Waals surface area (Å²) in [5, 5.41) is 0. The summed E-state index contributed by atoms with van der Waals surface area (Å²) in [5.74, 6) is 2.89. The molecular formula is C64H60N10O2. The van der Waals surface area contributed by atoms with Crippen molar-refractivity contribution in [2.24, 2.45) is 0 Å². The van der Waals surface area contributed by atoms with Gasteiger partial charge in [0.1, 0.15) is 36.3 Å². The number of benzene rings is 9. The second-order valence-electron chi connectivity index (χ2n) is 20.1. The van der Waals surface area contributed by atoms with Gasteiger partial charge in [0, 0.05) is 116 Å². The first-order chi connectivity index (χ1) is 38.3. The molecule has 0 aromatic heterocycles. The van der Waals surface area contributed by atoms with Crippen molar-refractivity contribution >= 4 is 91.0 Å². The minimum atomic E-state index is -2.30. The predicted octanol–water partition coefficient (Wildman–Crippen LogP) is 15.0. The largest absolute Gasteiger partial charge is 0.457 e. The highest BCUT2D eigenvalue weighted by molar-refractivity contribution is 5.91. The van der Waals surface area contributed by atoms with Crippen LogP contribution in [0.25, 0.3) is 0 Å². The molecule has 0 atom stereocenters. The highest BCUT2D eigenvalue weighted by atomic mass is 16.5. The maximum absolute atomic E-state index is 8.28. The van der Waals surface area contributed by atoms with Gasteiger partial charge in [0.25, 0.3) is 0 Å². The molecule has 0 amide bonds. The lowest BCUT2D eigenvalue weighted by Crippen LogP contribution is -2.25. The standard InChI is InChI=1S/C64H60N10O2/c1-65(2)47-32-34-62-63(39-47)68(6)42-69(62)49-15-11-19-53(35-49)75-55-21-13-17-51(37-55)73-43-71(58-23-7-9-25-60(58)73)45-27-29-46(30-28-45)72-44-74(61-26-10-8-24-59(61)72)52-18-14-22-56(38-52)76-54-20-12-16-50(36-54)70-41-67(5)57-33-31-48(66(3)4)40-64(57)70/h7-40H,41-44H2,1-6H3/i5D3. The summed E-state index contributed by atoms with van der Waals surface area (Å²) in [5.41, 5.74) is 16.7. The average Bonchev–Trinajstić information content (AvgIpc) is 4.44. The van der Waals surface area contributed by atoms with E-state index in [1.165, 1.54) is 22.0 Å². The van der Waals surface area contributed by atoms with Gasteiger partial charge in [0.2, 0.25) is 0 Å². The minimum Gasteiger partial charge on any atom is -0.457 e. The molecule has 0 spiro atoms. The second kappa shape index (κ2) is 18.8. The first-order valence-electron chi connectivity index (χ1n) is 27.1. The number of nitrogens with zero attached hydrogens (tertiary/aromatic N) is 10. The van der Waals surface area contributed by atoms with E-state index >= 15 is 0 Å². The summed E-state index contributed by atoms with van der Waals surface area (Å²) in [6.07, 6.45) is 0. The Morgan fingerprint density at radius 3 is 1.07 bits per heavy atom. The van der Waals surface area contributed by atoms with Crippen molar-refractivity contribution in [2.75, 3.05) is 118 Å². The molecule has 4 heterocycles. The Morgan fingerprint density at radius 1 is 0.316 bits per heavy atom. The van der Waals surface area contributed by atoms with Gasteiger partial charge < -0.3 is 58.5 Å². The van der Waals surface area contributed by atoms with Gasteiger partial charge in [-0.1, -0.05) is 48.5 Å². The Kier molecular flexibility index (Phi) is 10.6. The molecular weight excluding hydrogens is 941 g/mol. The van der Waals surface area contributed by atoms with E-state index in [0.29, 0.717) is 30.5 Å². The van der Waals surface area contributed by atoms with Crippen molar-refractivity contribution in [2.45, 2.75) is 0 Å². The monoisotopic (exact) mass is 1000 g/mol. The molecule has 12 heteroatoms. The molecule has 4 aliphatic rings. The van der Waals surface area contributed by atoms with Crippen molar-refractivity contribution in [3.8, 4) is 23.0 Å². The summed E-state index contributed by atoms with van der Waals surface area (Å²) in [4.78, 5) is 21.6. The third kappa shape index (κ3) is 8.37. The Morgan fingerprint density at radius 2 is 0.658 bits per heavy atom. The van der Waals surface area contributed by atoms with Crippen LogP contribution in [0, 0.1) is 0 Å². The Labute approximate surface area is 450 Å². The van der Waals surface area contributed by atoms with Crippen LogP contribution in [0.3, 0.4) is 0 Å². The smallest absolute Gasteiger partial charge is 0.129 e. The van der Waals surface area contributed by atoms with Gasteiger partial charge in [-0.2, -0.15) is 0 Å². The average molecular weight is 1000 g/mol. The molecule has 76 heavy (non-hydrogen) atoms. The fourth-order valence-corrected chi connectivity index (χ4v) is 10.9. The molecule has 12 nitrogen and oxygen atoms in total. The van der Waals surface area contributed by atoms with Gasteiger partial charge in [0.15, 0.2) is 0 Å². The zero-order valence-corrected chi connectivity index (χ0v) is 43.2. The third-order valence-electron chi connectivity index (χ3n) is 14.8. The molecule has 0 bridgehead atoms. The zero-order chi connectivity index (χ0) is 54.1. The lowest BCUT2D eigenvalue weighted by atomic mass is 10.2. The van der Waals surface area contributed by atoms with E-state index in [2.05, 4.69) is 195 Å². The van der Waals surface area contributed by atoms with Crippen LogP contribution in [0.5, 0.6) is 23.0 Å². The third-order valence-corrected chi connectivity index (χ3v) is 14.8. The summed E-state index contributed by atoms with van der Waals surface area (Å²) in [6.45, 7) is -0.121. The molecule has 0 unspecified atom stereocenters. The van der Waals surface area contributed by atoms with Crippen molar-refractivity contribution < 1.29 is 13.6 Å². The van der Waals surface area contributed by atoms with Crippen LogP contribution in [0.4, 0.5) is 91.0 Å². The van der Waals surface area contributed by atoms with E-state index in [1.807, 2.05) is 90.6 Å². The number of hydrogen-bond donors (Lipinski definition) is 0. The quantitative estimate of drug-likeness (QED) is 0.117. The molecule has 0 aliphatic carbocycles. The fourth-order valence-electron chi connectivity index (χ4n) is 10.9. The van der Waals surface area contributed by atoms with Gasteiger partial charge >= 0.3 is 0 Å². The maximum atomic E-state index is 8.28. The van der Waals surface area contributed by atoms with Gasteiger partial charge in [-0.25, -0.2) is 0 Å². The highest BCUT2D eigenvalue weighted by Crippen LogP contribution is 2.49. The van der Waals surface area contributed by atoms with Gasteiger partial charge in [0.05, 0.1) is 58.8 Å². The number of rotatable bonds is 12. The first kappa shape index (κ1) is 43.0. The maximum Gasteiger partial charge on any atom is 0.129 e. The zero-order valence-electron chi connectivity index (χ0n) is 46.2.